The highest BCUT2D eigenvalue weighted by atomic mass is 15.1. The van der Waals surface area contributed by atoms with Crippen LogP contribution in [0, 0.1) is 0 Å². The normalized spacial score (nSPS) is 15.6. The second-order valence-electron chi connectivity index (χ2n) is 16.1. The van der Waals surface area contributed by atoms with Crippen LogP contribution in [-0.4, -0.2) is 0 Å². The van der Waals surface area contributed by atoms with Crippen molar-refractivity contribution in [3.05, 3.63) is 233 Å². The summed E-state index contributed by atoms with van der Waals surface area (Å²) in [6, 6.07) is 59.8. The molecule has 57 heavy (non-hydrogen) atoms. The first-order valence-corrected chi connectivity index (χ1v) is 19.7. The van der Waals surface area contributed by atoms with Gasteiger partial charge in [-0.3, -0.25) is 0 Å². The van der Waals surface area contributed by atoms with Crippen LogP contribution >= 0.6 is 0 Å². The molecule has 9 aromatic carbocycles. The van der Waals surface area contributed by atoms with Gasteiger partial charge in [-0.2, -0.15) is 0 Å². The Hall–Kier alpha value is -6.96. The van der Waals surface area contributed by atoms with Crippen LogP contribution in [0.1, 0.15) is 54.1 Å². The van der Waals surface area contributed by atoms with Gasteiger partial charge in [0.05, 0.1) is 12.3 Å². The van der Waals surface area contributed by atoms with Crippen molar-refractivity contribution < 1.29 is 6.85 Å². The number of hydrogen-bond acceptors (Lipinski definition) is 1. The van der Waals surface area contributed by atoms with Crippen molar-refractivity contribution in [2.45, 2.75) is 24.7 Å². The Bertz CT molecular complexity index is 3330. The molecule has 12 rings (SSSR count). The van der Waals surface area contributed by atoms with Crippen LogP contribution in [0.5, 0.6) is 0 Å². The Labute approximate surface area is 341 Å². The van der Waals surface area contributed by atoms with Crippen molar-refractivity contribution in [1.29, 1.82) is 0 Å². The molecule has 0 N–H and O–H groups in total. The summed E-state index contributed by atoms with van der Waals surface area (Å²) in [4.78, 5) is 2.31. The fourth-order valence-electron chi connectivity index (χ4n) is 10.5. The predicted octanol–water partition coefficient (Wildman–Crippen LogP) is 14.6. The van der Waals surface area contributed by atoms with Crippen molar-refractivity contribution in [1.82, 2.24) is 0 Å². The zero-order valence-corrected chi connectivity index (χ0v) is 31.6. The van der Waals surface area contributed by atoms with Gasteiger partial charge in [-0.1, -0.05) is 178 Å². The minimum absolute atomic E-state index is 0.189. The standard InChI is InChI=1S/C56H39N/c1-55(2)48-21-11-8-18-43(48)46-31-29-40(34-52(46)55)57(39-27-24-37(25-28-39)36-14-4-3-5-15-36)41-30-32-47-53(35-41)56(51-33-26-38-16-6-7-17-42(38)54(47)51)49-22-12-9-19-44(49)45-20-10-13-23-50(45)56/h3-35H,1-2H3/i3D,4D,5D,14D,15D. The van der Waals surface area contributed by atoms with Gasteiger partial charge < -0.3 is 4.90 Å². The van der Waals surface area contributed by atoms with Crippen molar-refractivity contribution in [2.75, 3.05) is 4.90 Å². The van der Waals surface area contributed by atoms with Crippen LogP contribution in [0.3, 0.4) is 0 Å². The molecule has 3 aliphatic carbocycles. The molecule has 0 amide bonds. The van der Waals surface area contributed by atoms with Gasteiger partial charge in [-0.05, 0) is 125 Å². The molecule has 0 radical (unpaired) electrons. The topological polar surface area (TPSA) is 3.24 Å². The first kappa shape index (κ1) is 27.6. The lowest BCUT2D eigenvalue weighted by molar-refractivity contribution is 0.660. The van der Waals surface area contributed by atoms with E-state index in [-0.39, 0.29) is 35.1 Å². The van der Waals surface area contributed by atoms with Crippen LogP contribution < -0.4 is 4.90 Å². The van der Waals surface area contributed by atoms with Crippen LogP contribution in [0.2, 0.25) is 0 Å². The molecule has 1 heteroatoms. The lowest BCUT2D eigenvalue weighted by atomic mass is 9.70. The molecular formula is C56H39N. The zero-order chi connectivity index (χ0) is 42.2. The minimum Gasteiger partial charge on any atom is -0.310 e. The quantitative estimate of drug-likeness (QED) is 0.174. The largest absolute Gasteiger partial charge is 0.310 e. The number of benzene rings is 9. The molecule has 0 saturated carbocycles. The lowest BCUT2D eigenvalue weighted by Gasteiger charge is -2.32. The van der Waals surface area contributed by atoms with E-state index in [0.29, 0.717) is 5.56 Å². The summed E-state index contributed by atoms with van der Waals surface area (Å²) in [5, 5.41) is 2.44. The first-order valence-electron chi connectivity index (χ1n) is 22.2. The summed E-state index contributed by atoms with van der Waals surface area (Å²) in [5.41, 5.74) is 18.0. The second kappa shape index (κ2) is 11.8. The maximum absolute atomic E-state index is 8.72. The Morgan fingerprint density at radius 3 is 1.65 bits per heavy atom. The van der Waals surface area contributed by atoms with Gasteiger partial charge in [0.2, 0.25) is 0 Å². The summed E-state index contributed by atoms with van der Waals surface area (Å²) in [5.74, 6) is 0. The molecule has 0 aliphatic heterocycles. The van der Waals surface area contributed by atoms with E-state index in [1.165, 1.54) is 77.5 Å². The molecule has 0 saturated heterocycles. The van der Waals surface area contributed by atoms with E-state index >= 15 is 0 Å². The summed E-state index contributed by atoms with van der Waals surface area (Å²) in [6.45, 7) is 4.60. The maximum Gasteiger partial charge on any atom is 0.0726 e. The fraction of sp³-hybridized carbons (Fsp3) is 0.0714. The molecule has 0 unspecified atom stereocenters. The Morgan fingerprint density at radius 2 is 0.947 bits per heavy atom. The first-order chi connectivity index (χ1) is 30.1. The third kappa shape index (κ3) is 4.34. The third-order valence-electron chi connectivity index (χ3n) is 13.0. The highest BCUT2D eigenvalue weighted by Gasteiger charge is 2.52. The van der Waals surface area contributed by atoms with Crippen molar-refractivity contribution in [2.24, 2.45) is 0 Å². The highest BCUT2D eigenvalue weighted by molar-refractivity contribution is 6.06. The SMILES string of the molecule is [2H]c1c([2H])c([2H])c(-c2ccc(N(c3ccc4c(c3)C(C)(C)c3ccccc3-4)c3ccc4c(c3)C3(c5ccccc5-c5ccccc53)c3ccc5ccccc5c3-4)cc2)c([2H])c1[2H]. The number of fused-ring (bicyclic) bond motifs is 15. The van der Waals surface area contributed by atoms with Gasteiger partial charge in [0.15, 0.2) is 0 Å². The van der Waals surface area contributed by atoms with Crippen molar-refractivity contribution in [3.63, 3.8) is 0 Å². The van der Waals surface area contributed by atoms with Crippen molar-refractivity contribution >= 4 is 27.8 Å². The molecule has 1 spiro atoms. The van der Waals surface area contributed by atoms with Crippen LogP contribution in [0.4, 0.5) is 17.1 Å². The number of anilines is 3. The minimum atomic E-state index is -0.560. The van der Waals surface area contributed by atoms with Gasteiger partial charge >= 0.3 is 0 Å². The molecule has 0 heterocycles. The van der Waals surface area contributed by atoms with E-state index in [9.17, 15) is 0 Å². The predicted molar refractivity (Wildman–Crippen MR) is 238 cm³/mol. The molecule has 268 valence electrons. The Kier molecular flexibility index (Phi) is 5.70. The van der Waals surface area contributed by atoms with E-state index in [0.717, 1.165) is 17.1 Å². The van der Waals surface area contributed by atoms with Crippen molar-refractivity contribution in [3.8, 4) is 44.5 Å². The van der Waals surface area contributed by atoms with Crippen LogP contribution in [0.25, 0.3) is 55.3 Å². The molecule has 3 aliphatic rings. The van der Waals surface area contributed by atoms with E-state index < -0.39 is 11.5 Å². The molecule has 0 bridgehead atoms. The zero-order valence-electron chi connectivity index (χ0n) is 36.6. The van der Waals surface area contributed by atoms with Gasteiger partial charge in [0, 0.05) is 22.5 Å². The van der Waals surface area contributed by atoms with E-state index in [1.807, 2.05) is 24.3 Å². The van der Waals surface area contributed by atoms with Gasteiger partial charge in [0.1, 0.15) is 0 Å². The summed E-state index contributed by atoms with van der Waals surface area (Å²) in [7, 11) is 0. The third-order valence-corrected chi connectivity index (χ3v) is 13.0. The van der Waals surface area contributed by atoms with Gasteiger partial charge in [0.25, 0.3) is 0 Å². The Morgan fingerprint density at radius 1 is 0.404 bits per heavy atom. The van der Waals surface area contributed by atoms with E-state index in [4.69, 9.17) is 6.85 Å². The molecular weight excluding hydrogens is 687 g/mol. The van der Waals surface area contributed by atoms with E-state index in [1.54, 1.807) is 0 Å². The van der Waals surface area contributed by atoms with Gasteiger partial charge in [-0.15, -0.1) is 0 Å². The summed E-state index contributed by atoms with van der Waals surface area (Å²) in [6.07, 6.45) is 0. The highest BCUT2D eigenvalue weighted by Crippen LogP contribution is 2.64. The van der Waals surface area contributed by atoms with E-state index in [2.05, 4.69) is 164 Å². The summed E-state index contributed by atoms with van der Waals surface area (Å²) >= 11 is 0. The Balaban J connectivity index is 1.12. The number of hydrogen-bond donors (Lipinski definition) is 0. The number of nitrogens with zero attached hydrogens (tertiary/aromatic N) is 1. The number of rotatable bonds is 4. The monoisotopic (exact) mass is 730 g/mol. The lowest BCUT2D eigenvalue weighted by Crippen LogP contribution is -2.26. The fourth-order valence-corrected chi connectivity index (χ4v) is 10.5. The average Bonchev–Trinajstić information content (AvgIpc) is 3.86. The smallest absolute Gasteiger partial charge is 0.0726 e. The molecule has 9 aromatic rings. The van der Waals surface area contributed by atoms with Crippen LogP contribution in [-0.2, 0) is 10.8 Å². The van der Waals surface area contributed by atoms with Gasteiger partial charge in [-0.25, -0.2) is 0 Å². The average molecular weight is 731 g/mol. The molecule has 1 nitrogen and oxygen atoms in total. The maximum atomic E-state index is 8.72. The molecule has 0 atom stereocenters. The summed E-state index contributed by atoms with van der Waals surface area (Å²) < 4.78 is 42.3. The van der Waals surface area contributed by atoms with Crippen LogP contribution in [0.15, 0.2) is 200 Å². The molecule has 0 fully saturated rings. The molecule has 0 aromatic heterocycles. The second-order valence-corrected chi connectivity index (χ2v) is 16.1.